The van der Waals surface area contributed by atoms with Crippen molar-refractivity contribution in [2.24, 2.45) is 0 Å². The molecular formula is C16H23N3O4S. The Kier molecular flexibility index (Phi) is 5.07. The summed E-state index contributed by atoms with van der Waals surface area (Å²) in [5.74, 6) is 0.266. The summed E-state index contributed by atoms with van der Waals surface area (Å²) in [4.78, 5) is 12.5. The van der Waals surface area contributed by atoms with Gasteiger partial charge in [-0.05, 0) is 50.4 Å². The normalized spacial score (nSPS) is 21.3. The van der Waals surface area contributed by atoms with Crippen LogP contribution in [-0.2, 0) is 14.8 Å². The SMILES string of the molecule is COc1ccc(S(=O)(=O)NC2CC2)cc1NC(=O)C1CCCCN1. The zero-order chi connectivity index (χ0) is 17.2. The predicted octanol–water partition coefficient (Wildman–Crippen LogP) is 1.22. The van der Waals surface area contributed by atoms with Gasteiger partial charge in [0.25, 0.3) is 0 Å². The van der Waals surface area contributed by atoms with Crippen LogP contribution in [0.5, 0.6) is 5.75 Å². The number of ether oxygens (including phenoxy) is 1. The highest BCUT2D eigenvalue weighted by molar-refractivity contribution is 7.89. The van der Waals surface area contributed by atoms with Crippen molar-refractivity contribution in [1.29, 1.82) is 0 Å². The van der Waals surface area contributed by atoms with Crippen LogP contribution in [-0.4, -0.2) is 40.1 Å². The minimum atomic E-state index is -3.58. The molecule has 1 saturated carbocycles. The minimum absolute atomic E-state index is 0.0292. The average Bonchev–Trinajstić information content (AvgIpc) is 3.39. The van der Waals surface area contributed by atoms with Gasteiger partial charge in [0.15, 0.2) is 0 Å². The van der Waals surface area contributed by atoms with Crippen LogP contribution in [0.3, 0.4) is 0 Å². The molecule has 7 nitrogen and oxygen atoms in total. The number of piperidine rings is 1. The average molecular weight is 353 g/mol. The van der Waals surface area contributed by atoms with E-state index in [9.17, 15) is 13.2 Å². The number of rotatable bonds is 6. The Morgan fingerprint density at radius 1 is 1.25 bits per heavy atom. The number of benzene rings is 1. The Morgan fingerprint density at radius 3 is 2.67 bits per heavy atom. The van der Waals surface area contributed by atoms with E-state index < -0.39 is 10.0 Å². The van der Waals surface area contributed by atoms with E-state index >= 15 is 0 Å². The molecule has 0 radical (unpaired) electrons. The molecule has 132 valence electrons. The lowest BCUT2D eigenvalue weighted by atomic mass is 10.0. The number of methoxy groups -OCH3 is 1. The maximum absolute atomic E-state index is 12.4. The summed E-state index contributed by atoms with van der Waals surface area (Å²) in [5.41, 5.74) is 0.369. The van der Waals surface area contributed by atoms with E-state index in [2.05, 4.69) is 15.4 Å². The second-order valence-electron chi connectivity index (χ2n) is 6.25. The van der Waals surface area contributed by atoms with Crippen LogP contribution in [0.1, 0.15) is 32.1 Å². The Hall–Kier alpha value is -1.64. The Balaban J connectivity index is 1.79. The second kappa shape index (κ2) is 7.08. The monoisotopic (exact) mass is 353 g/mol. The van der Waals surface area contributed by atoms with Crippen LogP contribution >= 0.6 is 0 Å². The summed E-state index contributed by atoms with van der Waals surface area (Å²) >= 11 is 0. The lowest BCUT2D eigenvalue weighted by Gasteiger charge is -2.23. The number of anilines is 1. The number of carbonyl (C=O) groups is 1. The van der Waals surface area contributed by atoms with Gasteiger partial charge in [-0.25, -0.2) is 13.1 Å². The summed E-state index contributed by atoms with van der Waals surface area (Å²) in [6.45, 7) is 0.814. The zero-order valence-corrected chi connectivity index (χ0v) is 14.5. The van der Waals surface area contributed by atoms with Gasteiger partial charge in [0.1, 0.15) is 5.75 Å². The van der Waals surface area contributed by atoms with Crippen molar-refractivity contribution >= 4 is 21.6 Å². The molecule has 1 aromatic carbocycles. The third-order valence-electron chi connectivity index (χ3n) is 4.27. The Morgan fingerprint density at radius 2 is 2.04 bits per heavy atom. The van der Waals surface area contributed by atoms with Gasteiger partial charge in [0, 0.05) is 6.04 Å². The first-order chi connectivity index (χ1) is 11.5. The van der Waals surface area contributed by atoms with Crippen LogP contribution < -0.4 is 20.1 Å². The van der Waals surface area contributed by atoms with Gasteiger partial charge in [-0.2, -0.15) is 0 Å². The first-order valence-corrected chi connectivity index (χ1v) is 9.72. The van der Waals surface area contributed by atoms with Gasteiger partial charge < -0.3 is 15.4 Å². The summed E-state index contributed by atoms with van der Waals surface area (Å²) in [7, 11) is -2.09. The van der Waals surface area contributed by atoms with E-state index in [0.29, 0.717) is 11.4 Å². The predicted molar refractivity (Wildman–Crippen MR) is 90.6 cm³/mol. The fraction of sp³-hybridized carbons (Fsp3) is 0.562. The van der Waals surface area contributed by atoms with Gasteiger partial charge in [-0.15, -0.1) is 0 Å². The molecule has 1 heterocycles. The quantitative estimate of drug-likeness (QED) is 0.714. The molecule has 1 aliphatic carbocycles. The Bertz CT molecular complexity index is 710. The molecule has 0 aromatic heterocycles. The second-order valence-corrected chi connectivity index (χ2v) is 7.96. The maximum Gasteiger partial charge on any atom is 0.241 e. The van der Waals surface area contributed by atoms with Crippen LogP contribution in [0.2, 0.25) is 0 Å². The van der Waals surface area contributed by atoms with Crippen molar-refractivity contribution in [3.63, 3.8) is 0 Å². The molecule has 8 heteroatoms. The molecule has 1 unspecified atom stereocenters. The van der Waals surface area contributed by atoms with Crippen molar-refractivity contribution in [2.45, 2.75) is 49.1 Å². The van der Waals surface area contributed by atoms with E-state index in [1.165, 1.54) is 19.2 Å². The number of hydrogen-bond donors (Lipinski definition) is 3. The molecule has 1 aliphatic heterocycles. The zero-order valence-electron chi connectivity index (χ0n) is 13.7. The van der Waals surface area contributed by atoms with Crippen molar-refractivity contribution in [2.75, 3.05) is 19.0 Å². The fourth-order valence-electron chi connectivity index (χ4n) is 2.74. The Labute approximate surface area is 142 Å². The molecule has 2 fully saturated rings. The van der Waals surface area contributed by atoms with E-state index in [1.807, 2.05) is 0 Å². The number of carbonyl (C=O) groups excluding carboxylic acids is 1. The number of hydrogen-bond acceptors (Lipinski definition) is 5. The molecule has 1 aromatic rings. The third-order valence-corrected chi connectivity index (χ3v) is 5.78. The summed E-state index contributed by atoms with van der Waals surface area (Å²) in [6.07, 6.45) is 4.57. The molecule has 3 N–H and O–H groups in total. The molecule has 2 aliphatic rings. The lowest BCUT2D eigenvalue weighted by Crippen LogP contribution is -2.43. The van der Waals surface area contributed by atoms with E-state index in [0.717, 1.165) is 38.6 Å². The van der Waals surface area contributed by atoms with Gasteiger partial charge in [-0.1, -0.05) is 6.42 Å². The molecular weight excluding hydrogens is 330 g/mol. The third kappa shape index (κ3) is 4.06. The van der Waals surface area contributed by atoms with Crippen LogP contribution in [0.15, 0.2) is 23.1 Å². The highest BCUT2D eigenvalue weighted by atomic mass is 32.2. The van der Waals surface area contributed by atoms with Crippen molar-refractivity contribution in [3.8, 4) is 5.75 Å². The van der Waals surface area contributed by atoms with Gasteiger partial charge in [0.05, 0.1) is 23.7 Å². The van der Waals surface area contributed by atoms with Gasteiger partial charge in [-0.3, -0.25) is 4.79 Å². The number of nitrogens with one attached hydrogen (secondary N) is 3. The summed E-state index contributed by atoms with van der Waals surface area (Å²) in [6, 6.07) is 4.27. The molecule has 0 bridgehead atoms. The molecule has 1 amide bonds. The first-order valence-electron chi connectivity index (χ1n) is 8.24. The lowest BCUT2D eigenvalue weighted by molar-refractivity contribution is -0.118. The van der Waals surface area contributed by atoms with E-state index in [1.54, 1.807) is 6.07 Å². The van der Waals surface area contributed by atoms with Crippen molar-refractivity contribution in [1.82, 2.24) is 10.0 Å². The highest BCUT2D eigenvalue weighted by Crippen LogP contribution is 2.29. The van der Waals surface area contributed by atoms with Crippen molar-refractivity contribution in [3.05, 3.63) is 18.2 Å². The fourth-order valence-corrected chi connectivity index (χ4v) is 4.07. The maximum atomic E-state index is 12.4. The van der Waals surface area contributed by atoms with E-state index in [4.69, 9.17) is 4.74 Å². The standard InChI is InChI=1S/C16H23N3O4S/c1-23-15-8-7-12(24(21,22)19-11-5-6-11)10-14(15)18-16(20)13-4-2-3-9-17-13/h7-8,10-11,13,17,19H,2-6,9H2,1H3,(H,18,20). The molecule has 1 saturated heterocycles. The minimum Gasteiger partial charge on any atom is -0.495 e. The van der Waals surface area contributed by atoms with Gasteiger partial charge >= 0.3 is 0 Å². The van der Waals surface area contributed by atoms with Crippen LogP contribution in [0.4, 0.5) is 5.69 Å². The van der Waals surface area contributed by atoms with Crippen LogP contribution in [0, 0.1) is 0 Å². The largest absolute Gasteiger partial charge is 0.495 e. The molecule has 0 spiro atoms. The van der Waals surface area contributed by atoms with E-state index in [-0.39, 0.29) is 22.9 Å². The number of amides is 1. The molecule has 3 rings (SSSR count). The summed E-state index contributed by atoms with van der Waals surface area (Å²) < 4.78 is 32.6. The summed E-state index contributed by atoms with van der Waals surface area (Å²) in [5, 5.41) is 5.97. The number of sulfonamides is 1. The first kappa shape index (κ1) is 17.2. The van der Waals surface area contributed by atoms with Crippen LogP contribution in [0.25, 0.3) is 0 Å². The van der Waals surface area contributed by atoms with Crippen molar-refractivity contribution < 1.29 is 17.9 Å². The smallest absolute Gasteiger partial charge is 0.241 e. The van der Waals surface area contributed by atoms with Gasteiger partial charge in [0.2, 0.25) is 15.9 Å². The molecule has 1 atom stereocenters. The molecule has 24 heavy (non-hydrogen) atoms. The highest BCUT2D eigenvalue weighted by Gasteiger charge is 2.29. The topological polar surface area (TPSA) is 96.5 Å².